The number of carbonyl (C=O) groups is 1. The fourth-order valence-electron chi connectivity index (χ4n) is 2.47. The average Bonchev–Trinajstić information content (AvgIpc) is 2.99. The Kier molecular flexibility index (Phi) is 3.02. The molecule has 20 heavy (non-hydrogen) atoms. The number of H-pyrrole nitrogens is 2. The molecular formula is C15H15N3O2. The van der Waals surface area contributed by atoms with Gasteiger partial charge in [-0.05, 0) is 13.0 Å². The predicted molar refractivity (Wildman–Crippen MR) is 76.6 cm³/mol. The van der Waals surface area contributed by atoms with Crippen molar-refractivity contribution in [2.24, 2.45) is 0 Å². The molecule has 0 amide bonds. The van der Waals surface area contributed by atoms with Gasteiger partial charge in [-0.3, -0.25) is 4.79 Å². The molecular weight excluding hydrogens is 254 g/mol. The lowest BCUT2D eigenvalue weighted by Gasteiger charge is -1.98. The van der Waals surface area contributed by atoms with E-state index in [0.29, 0.717) is 12.2 Å². The van der Waals surface area contributed by atoms with Gasteiger partial charge in [0.2, 0.25) is 0 Å². The van der Waals surface area contributed by atoms with Crippen LogP contribution in [0.25, 0.3) is 22.2 Å². The van der Waals surface area contributed by atoms with Crippen LogP contribution in [-0.2, 0) is 11.2 Å². The fourth-order valence-corrected chi connectivity index (χ4v) is 2.47. The predicted octanol–water partition coefficient (Wildman–Crippen LogP) is 2.88. The number of aromatic nitrogens is 3. The number of rotatable bonds is 4. The van der Waals surface area contributed by atoms with Gasteiger partial charge in [-0.25, -0.2) is 4.98 Å². The van der Waals surface area contributed by atoms with Crippen LogP contribution in [-0.4, -0.2) is 26.0 Å². The van der Waals surface area contributed by atoms with Gasteiger partial charge in [-0.1, -0.05) is 18.2 Å². The number of fused-ring (bicyclic) bond motifs is 1. The molecule has 5 heteroatoms. The molecule has 0 bridgehead atoms. The number of carboxylic acid groups (broad SMARTS) is 1. The van der Waals surface area contributed by atoms with Crippen molar-refractivity contribution < 1.29 is 9.90 Å². The largest absolute Gasteiger partial charge is 0.481 e. The highest BCUT2D eigenvalue weighted by Crippen LogP contribution is 2.30. The van der Waals surface area contributed by atoms with Gasteiger partial charge in [0.15, 0.2) is 0 Å². The maximum absolute atomic E-state index is 10.6. The van der Waals surface area contributed by atoms with E-state index in [0.717, 1.165) is 27.9 Å². The summed E-state index contributed by atoms with van der Waals surface area (Å²) in [5.74, 6) is -0.113. The molecule has 1 aromatic carbocycles. The van der Waals surface area contributed by atoms with Crippen LogP contribution in [0.1, 0.15) is 17.9 Å². The highest BCUT2D eigenvalue weighted by molar-refractivity contribution is 5.96. The molecule has 3 aromatic rings. The van der Waals surface area contributed by atoms with Gasteiger partial charge in [0.25, 0.3) is 0 Å². The summed E-state index contributed by atoms with van der Waals surface area (Å²) < 4.78 is 0. The second kappa shape index (κ2) is 4.85. The molecule has 0 fully saturated rings. The minimum Gasteiger partial charge on any atom is -0.481 e. The van der Waals surface area contributed by atoms with E-state index in [1.54, 1.807) is 6.20 Å². The van der Waals surface area contributed by atoms with Crippen LogP contribution < -0.4 is 0 Å². The summed E-state index contributed by atoms with van der Waals surface area (Å²) in [5, 5.41) is 9.84. The number of nitrogens with zero attached hydrogens (tertiary/aromatic N) is 1. The number of benzene rings is 1. The summed E-state index contributed by atoms with van der Waals surface area (Å²) in [7, 11) is 0. The molecule has 0 aliphatic rings. The van der Waals surface area contributed by atoms with Crippen LogP contribution in [0.3, 0.4) is 0 Å². The summed E-state index contributed by atoms with van der Waals surface area (Å²) >= 11 is 0. The third-order valence-electron chi connectivity index (χ3n) is 3.37. The SMILES string of the molecule is Cc1[nH]c2ccccc2c1-c1cnc(CCC(=O)O)[nH]1. The number of nitrogens with one attached hydrogen (secondary N) is 2. The van der Waals surface area contributed by atoms with E-state index in [2.05, 4.69) is 21.0 Å². The van der Waals surface area contributed by atoms with Crippen LogP contribution in [0.5, 0.6) is 0 Å². The normalized spacial score (nSPS) is 11.1. The van der Waals surface area contributed by atoms with Crippen LogP contribution in [0.2, 0.25) is 0 Å². The number of aryl methyl sites for hydroxylation is 2. The number of aliphatic carboxylic acids is 1. The van der Waals surface area contributed by atoms with Gasteiger partial charge in [0.1, 0.15) is 5.82 Å². The van der Waals surface area contributed by atoms with Gasteiger partial charge in [0.05, 0.1) is 18.3 Å². The van der Waals surface area contributed by atoms with Crippen LogP contribution in [0, 0.1) is 6.92 Å². The monoisotopic (exact) mass is 269 g/mol. The number of para-hydroxylation sites is 1. The molecule has 0 spiro atoms. The fraction of sp³-hybridized carbons (Fsp3) is 0.200. The zero-order chi connectivity index (χ0) is 14.1. The van der Waals surface area contributed by atoms with Gasteiger partial charge in [-0.2, -0.15) is 0 Å². The van der Waals surface area contributed by atoms with Crippen molar-refractivity contribution in [1.29, 1.82) is 0 Å². The number of carboxylic acids is 1. The lowest BCUT2D eigenvalue weighted by atomic mass is 10.1. The molecule has 0 saturated heterocycles. The Bertz CT molecular complexity index is 770. The van der Waals surface area contributed by atoms with Crippen molar-refractivity contribution in [2.75, 3.05) is 0 Å². The van der Waals surface area contributed by atoms with Gasteiger partial charge < -0.3 is 15.1 Å². The average molecular weight is 269 g/mol. The number of aromatic amines is 2. The molecule has 0 unspecified atom stereocenters. The maximum atomic E-state index is 10.6. The van der Waals surface area contributed by atoms with Crippen molar-refractivity contribution in [3.8, 4) is 11.3 Å². The minimum atomic E-state index is -0.814. The third-order valence-corrected chi connectivity index (χ3v) is 3.37. The molecule has 2 aromatic heterocycles. The van der Waals surface area contributed by atoms with Crippen molar-refractivity contribution in [1.82, 2.24) is 15.0 Å². The summed E-state index contributed by atoms with van der Waals surface area (Å²) in [6, 6.07) is 8.09. The van der Waals surface area contributed by atoms with Crippen LogP contribution in [0.4, 0.5) is 0 Å². The second-order valence-electron chi connectivity index (χ2n) is 4.81. The summed E-state index contributed by atoms with van der Waals surface area (Å²) in [6.45, 7) is 2.02. The molecule has 0 aliphatic carbocycles. The number of hydrogen-bond acceptors (Lipinski definition) is 2. The quantitative estimate of drug-likeness (QED) is 0.681. The van der Waals surface area contributed by atoms with E-state index < -0.39 is 5.97 Å². The molecule has 5 nitrogen and oxygen atoms in total. The molecule has 0 saturated carbocycles. The minimum absolute atomic E-state index is 0.0832. The Labute approximate surface area is 115 Å². The Morgan fingerprint density at radius 3 is 2.90 bits per heavy atom. The third kappa shape index (κ3) is 2.18. The van der Waals surface area contributed by atoms with Crippen LogP contribution in [0.15, 0.2) is 30.5 Å². The van der Waals surface area contributed by atoms with Crippen molar-refractivity contribution >= 4 is 16.9 Å². The van der Waals surface area contributed by atoms with Crippen molar-refractivity contribution in [3.63, 3.8) is 0 Å². The number of imidazole rings is 1. The van der Waals surface area contributed by atoms with E-state index in [4.69, 9.17) is 5.11 Å². The summed E-state index contributed by atoms with van der Waals surface area (Å²) in [6.07, 6.45) is 2.26. The zero-order valence-electron chi connectivity index (χ0n) is 11.1. The first kappa shape index (κ1) is 12.5. The van der Waals surface area contributed by atoms with Crippen molar-refractivity contribution in [2.45, 2.75) is 19.8 Å². The Hall–Kier alpha value is -2.56. The van der Waals surface area contributed by atoms with Gasteiger partial charge in [0, 0.05) is 28.6 Å². The smallest absolute Gasteiger partial charge is 0.303 e. The Morgan fingerprint density at radius 2 is 2.10 bits per heavy atom. The topological polar surface area (TPSA) is 81.8 Å². The molecule has 0 aliphatic heterocycles. The Morgan fingerprint density at radius 1 is 1.30 bits per heavy atom. The second-order valence-corrected chi connectivity index (χ2v) is 4.81. The summed E-state index contributed by atoms with van der Waals surface area (Å²) in [5.41, 5.74) is 4.16. The first-order chi connectivity index (χ1) is 9.65. The number of hydrogen-bond donors (Lipinski definition) is 3. The molecule has 2 heterocycles. The van der Waals surface area contributed by atoms with E-state index in [1.807, 2.05) is 25.1 Å². The highest BCUT2D eigenvalue weighted by atomic mass is 16.4. The zero-order valence-corrected chi connectivity index (χ0v) is 11.1. The van der Waals surface area contributed by atoms with Crippen molar-refractivity contribution in [3.05, 3.63) is 42.0 Å². The van der Waals surface area contributed by atoms with E-state index in [1.165, 1.54) is 0 Å². The van der Waals surface area contributed by atoms with Gasteiger partial charge >= 0.3 is 5.97 Å². The summed E-state index contributed by atoms with van der Waals surface area (Å²) in [4.78, 5) is 21.4. The highest BCUT2D eigenvalue weighted by Gasteiger charge is 2.12. The van der Waals surface area contributed by atoms with Crippen LogP contribution >= 0.6 is 0 Å². The first-order valence-electron chi connectivity index (χ1n) is 6.48. The Balaban J connectivity index is 1.99. The van der Waals surface area contributed by atoms with Gasteiger partial charge in [-0.15, -0.1) is 0 Å². The maximum Gasteiger partial charge on any atom is 0.303 e. The van der Waals surface area contributed by atoms with E-state index in [9.17, 15) is 4.79 Å². The lowest BCUT2D eigenvalue weighted by molar-refractivity contribution is -0.137. The molecule has 3 N–H and O–H groups in total. The lowest BCUT2D eigenvalue weighted by Crippen LogP contribution is -1.98. The molecule has 0 radical (unpaired) electrons. The van der Waals surface area contributed by atoms with E-state index >= 15 is 0 Å². The first-order valence-corrected chi connectivity index (χ1v) is 6.48. The van der Waals surface area contributed by atoms with E-state index in [-0.39, 0.29) is 6.42 Å². The molecule has 0 atom stereocenters. The molecule has 102 valence electrons. The molecule has 3 rings (SSSR count). The standard InChI is InChI=1S/C15H15N3O2/c1-9-15(10-4-2-3-5-11(10)17-9)12-8-16-13(18-12)6-7-14(19)20/h2-5,8,17H,6-7H2,1H3,(H,16,18)(H,19,20).